The lowest BCUT2D eigenvalue weighted by Gasteiger charge is -2.31. The minimum Gasteiger partial charge on any atom is -0.377 e. The van der Waals surface area contributed by atoms with E-state index in [4.69, 9.17) is 4.74 Å². The van der Waals surface area contributed by atoms with Gasteiger partial charge in [-0.25, -0.2) is 8.42 Å². The van der Waals surface area contributed by atoms with Gasteiger partial charge >= 0.3 is 0 Å². The van der Waals surface area contributed by atoms with Gasteiger partial charge in [0, 0.05) is 32.0 Å². The van der Waals surface area contributed by atoms with E-state index in [1.165, 1.54) is 22.6 Å². The van der Waals surface area contributed by atoms with E-state index >= 15 is 0 Å². The van der Waals surface area contributed by atoms with E-state index < -0.39 is 10.0 Å². The van der Waals surface area contributed by atoms with Crippen LogP contribution < -0.4 is 5.56 Å². The van der Waals surface area contributed by atoms with Crippen LogP contribution >= 0.6 is 0 Å². The first-order valence-electron chi connectivity index (χ1n) is 6.34. The van der Waals surface area contributed by atoms with Crippen molar-refractivity contribution in [3.8, 4) is 0 Å². The third-order valence-electron chi connectivity index (χ3n) is 3.14. The van der Waals surface area contributed by atoms with E-state index in [0.29, 0.717) is 19.7 Å². The second kappa shape index (κ2) is 5.85. The zero-order valence-corrected chi connectivity index (χ0v) is 11.6. The molecule has 2 rings (SSSR count). The molecular formula is C12H18N2O4S. The molecule has 2 heterocycles. The van der Waals surface area contributed by atoms with Gasteiger partial charge in [0.15, 0.2) is 0 Å². The molecule has 19 heavy (non-hydrogen) atoms. The van der Waals surface area contributed by atoms with Crippen LogP contribution in [0.3, 0.4) is 0 Å². The summed E-state index contributed by atoms with van der Waals surface area (Å²) >= 11 is 0. The molecule has 6 nitrogen and oxygen atoms in total. The Balaban J connectivity index is 2.19. The molecule has 0 spiro atoms. The largest absolute Gasteiger partial charge is 0.377 e. The van der Waals surface area contributed by atoms with Gasteiger partial charge in [-0.2, -0.15) is 4.31 Å². The SMILES string of the molecule is CCOC1CCCN(S(=O)(=O)c2ccc(=O)[nH]c2)C1. The second-order valence-electron chi connectivity index (χ2n) is 4.47. The third kappa shape index (κ3) is 3.23. The van der Waals surface area contributed by atoms with E-state index in [-0.39, 0.29) is 16.6 Å². The van der Waals surface area contributed by atoms with E-state index in [0.717, 1.165) is 12.8 Å². The fourth-order valence-corrected chi connectivity index (χ4v) is 3.68. The maximum absolute atomic E-state index is 12.4. The van der Waals surface area contributed by atoms with E-state index in [1.807, 2.05) is 6.92 Å². The number of nitrogens with zero attached hydrogens (tertiary/aromatic N) is 1. The number of nitrogens with one attached hydrogen (secondary N) is 1. The maximum atomic E-state index is 12.4. The van der Waals surface area contributed by atoms with Crippen LogP contribution in [0, 0.1) is 0 Å². The summed E-state index contributed by atoms with van der Waals surface area (Å²) in [5.74, 6) is 0. The molecule has 0 aliphatic carbocycles. The van der Waals surface area contributed by atoms with Crippen LogP contribution in [-0.2, 0) is 14.8 Å². The first kappa shape index (κ1) is 14.2. The van der Waals surface area contributed by atoms with Crippen molar-refractivity contribution in [2.75, 3.05) is 19.7 Å². The Kier molecular flexibility index (Phi) is 4.38. The van der Waals surface area contributed by atoms with Crippen LogP contribution in [0.1, 0.15) is 19.8 Å². The molecule has 1 N–H and O–H groups in total. The van der Waals surface area contributed by atoms with Crippen LogP contribution in [-0.4, -0.2) is 43.5 Å². The summed E-state index contributed by atoms with van der Waals surface area (Å²) in [4.78, 5) is 13.5. The lowest BCUT2D eigenvalue weighted by molar-refractivity contribution is 0.0265. The van der Waals surface area contributed by atoms with E-state index in [9.17, 15) is 13.2 Å². The molecule has 1 fully saturated rings. The van der Waals surface area contributed by atoms with Crippen molar-refractivity contribution in [2.45, 2.75) is 30.8 Å². The van der Waals surface area contributed by atoms with Gasteiger partial charge in [0.25, 0.3) is 0 Å². The lowest BCUT2D eigenvalue weighted by atomic mass is 10.1. The average Bonchev–Trinajstić information content (AvgIpc) is 2.40. The number of piperidine rings is 1. The molecule has 0 radical (unpaired) electrons. The van der Waals surface area contributed by atoms with Gasteiger partial charge in [-0.3, -0.25) is 4.79 Å². The Morgan fingerprint density at radius 3 is 2.89 bits per heavy atom. The smallest absolute Gasteiger partial charge is 0.247 e. The first-order valence-corrected chi connectivity index (χ1v) is 7.78. The molecule has 1 saturated heterocycles. The van der Waals surface area contributed by atoms with Crippen molar-refractivity contribution < 1.29 is 13.2 Å². The quantitative estimate of drug-likeness (QED) is 0.877. The van der Waals surface area contributed by atoms with Gasteiger partial charge in [-0.1, -0.05) is 0 Å². The molecule has 0 bridgehead atoms. The Labute approximate surface area is 112 Å². The number of rotatable bonds is 4. The van der Waals surface area contributed by atoms with Crippen LogP contribution in [0.2, 0.25) is 0 Å². The Morgan fingerprint density at radius 2 is 2.26 bits per heavy atom. The molecule has 1 aliphatic rings. The zero-order valence-electron chi connectivity index (χ0n) is 10.8. The van der Waals surface area contributed by atoms with Gasteiger partial charge in [-0.05, 0) is 25.8 Å². The highest BCUT2D eigenvalue weighted by molar-refractivity contribution is 7.89. The summed E-state index contributed by atoms with van der Waals surface area (Å²) in [6.45, 7) is 3.34. The highest BCUT2D eigenvalue weighted by atomic mass is 32.2. The van der Waals surface area contributed by atoms with Crippen LogP contribution in [0.15, 0.2) is 28.0 Å². The molecule has 1 aliphatic heterocycles. The Morgan fingerprint density at radius 1 is 1.47 bits per heavy atom. The van der Waals surface area contributed by atoms with Crippen molar-refractivity contribution in [3.05, 3.63) is 28.7 Å². The standard InChI is InChI=1S/C12H18N2O4S/c1-2-18-10-4-3-7-14(9-10)19(16,17)11-5-6-12(15)13-8-11/h5-6,8,10H,2-4,7,9H2,1H3,(H,13,15). The molecule has 0 saturated carbocycles. The van der Waals surface area contributed by atoms with E-state index in [1.54, 1.807) is 0 Å². The molecule has 1 aromatic rings. The molecule has 1 unspecified atom stereocenters. The van der Waals surface area contributed by atoms with Crippen molar-refractivity contribution in [1.82, 2.24) is 9.29 Å². The molecule has 0 aromatic carbocycles. The maximum Gasteiger partial charge on any atom is 0.247 e. The second-order valence-corrected chi connectivity index (χ2v) is 6.41. The number of hydrogen-bond acceptors (Lipinski definition) is 4. The summed E-state index contributed by atoms with van der Waals surface area (Å²) in [7, 11) is -3.55. The lowest BCUT2D eigenvalue weighted by Crippen LogP contribution is -2.43. The number of H-pyrrole nitrogens is 1. The third-order valence-corrected chi connectivity index (χ3v) is 5.00. The van der Waals surface area contributed by atoms with Gasteiger partial charge in [-0.15, -0.1) is 0 Å². The number of hydrogen-bond donors (Lipinski definition) is 1. The molecule has 7 heteroatoms. The van der Waals surface area contributed by atoms with Gasteiger partial charge in [0.2, 0.25) is 15.6 Å². The van der Waals surface area contributed by atoms with Crippen molar-refractivity contribution in [1.29, 1.82) is 0 Å². The zero-order chi connectivity index (χ0) is 13.9. The van der Waals surface area contributed by atoms with Crippen molar-refractivity contribution in [2.24, 2.45) is 0 Å². The summed E-state index contributed by atoms with van der Waals surface area (Å²) in [5.41, 5.74) is -0.315. The molecule has 106 valence electrons. The fraction of sp³-hybridized carbons (Fsp3) is 0.583. The predicted molar refractivity (Wildman–Crippen MR) is 70.5 cm³/mol. The predicted octanol–water partition coefficient (Wildman–Crippen LogP) is 0.565. The minimum absolute atomic E-state index is 0.0451. The number of ether oxygens (including phenoxy) is 1. The summed E-state index contributed by atoms with van der Waals surface area (Å²) in [6, 6.07) is 2.55. The van der Waals surface area contributed by atoms with E-state index in [2.05, 4.69) is 4.98 Å². The van der Waals surface area contributed by atoms with Gasteiger partial charge in [0.1, 0.15) is 0 Å². The average molecular weight is 286 g/mol. The molecular weight excluding hydrogens is 268 g/mol. The number of aromatic amines is 1. The summed E-state index contributed by atoms with van der Waals surface area (Å²) in [6.07, 6.45) is 2.86. The van der Waals surface area contributed by atoms with Crippen LogP contribution in [0.25, 0.3) is 0 Å². The fourth-order valence-electron chi connectivity index (χ4n) is 2.20. The monoisotopic (exact) mass is 286 g/mol. The topological polar surface area (TPSA) is 79.5 Å². The normalized spacial score (nSPS) is 21.4. The molecule has 0 amide bonds. The highest BCUT2D eigenvalue weighted by Gasteiger charge is 2.30. The highest BCUT2D eigenvalue weighted by Crippen LogP contribution is 2.20. The summed E-state index contributed by atoms with van der Waals surface area (Å²) < 4.78 is 31.7. The molecule has 1 atom stereocenters. The van der Waals surface area contributed by atoms with Crippen molar-refractivity contribution >= 4 is 10.0 Å². The number of pyridine rings is 1. The van der Waals surface area contributed by atoms with Crippen LogP contribution in [0.5, 0.6) is 0 Å². The first-order chi connectivity index (χ1) is 9.04. The number of aromatic nitrogens is 1. The van der Waals surface area contributed by atoms with Crippen molar-refractivity contribution in [3.63, 3.8) is 0 Å². The van der Waals surface area contributed by atoms with Crippen LogP contribution in [0.4, 0.5) is 0 Å². The Hall–Kier alpha value is -1.18. The van der Waals surface area contributed by atoms with Gasteiger partial charge in [0.05, 0.1) is 11.0 Å². The summed E-state index contributed by atoms with van der Waals surface area (Å²) in [5, 5.41) is 0. The minimum atomic E-state index is -3.55. The van der Waals surface area contributed by atoms with Gasteiger partial charge < -0.3 is 9.72 Å². The Bertz CT molecular complexity index is 559. The molecule has 1 aromatic heterocycles. The number of sulfonamides is 1.